The molecule has 4 aromatic carbocycles. The number of hydrogen-bond donors (Lipinski definition) is 1. The fourth-order valence-electron chi connectivity index (χ4n) is 4.18. The summed E-state index contributed by atoms with van der Waals surface area (Å²) in [6.45, 7) is 0.284. The number of anilines is 1. The van der Waals surface area contributed by atoms with Gasteiger partial charge < -0.3 is 9.47 Å². The number of methoxy groups -OCH3 is 1. The van der Waals surface area contributed by atoms with Gasteiger partial charge in [-0.3, -0.25) is 14.9 Å². The minimum Gasteiger partial charge on any atom is -0.493 e. The molecule has 1 fully saturated rings. The predicted octanol–water partition coefficient (Wildman–Crippen LogP) is 6.00. The van der Waals surface area contributed by atoms with Crippen molar-refractivity contribution in [1.29, 1.82) is 0 Å². The summed E-state index contributed by atoms with van der Waals surface area (Å²) in [5.41, 5.74) is 1.31. The van der Waals surface area contributed by atoms with Crippen molar-refractivity contribution < 1.29 is 28.2 Å². The van der Waals surface area contributed by atoms with Crippen LogP contribution in [0.5, 0.6) is 11.5 Å². The van der Waals surface area contributed by atoms with E-state index in [9.17, 15) is 18.8 Å². The molecule has 4 aromatic rings. The number of ether oxygens (including phenoxy) is 2. The van der Waals surface area contributed by atoms with Crippen molar-refractivity contribution in [2.75, 3.05) is 12.0 Å². The summed E-state index contributed by atoms with van der Waals surface area (Å²) in [5, 5.41) is 4.33. The van der Waals surface area contributed by atoms with Crippen molar-refractivity contribution in [1.82, 2.24) is 5.32 Å². The third-order valence-electron chi connectivity index (χ3n) is 6.00. The summed E-state index contributed by atoms with van der Waals surface area (Å²) in [5.74, 6) is -1.38. The lowest BCUT2D eigenvalue weighted by atomic mass is 10.1. The molecule has 190 valence electrons. The number of hydrogen-bond acceptors (Lipinski definition) is 5. The number of benzene rings is 4. The van der Waals surface area contributed by atoms with Crippen LogP contribution in [0.15, 0.2) is 88.9 Å². The number of halogens is 2. The van der Waals surface area contributed by atoms with Crippen molar-refractivity contribution in [2.24, 2.45) is 0 Å². The van der Waals surface area contributed by atoms with E-state index in [0.29, 0.717) is 21.5 Å². The molecule has 0 bridgehead atoms. The second kappa shape index (κ2) is 10.5. The second-order valence-electron chi connectivity index (χ2n) is 8.40. The van der Waals surface area contributed by atoms with Crippen molar-refractivity contribution in [3.63, 3.8) is 0 Å². The summed E-state index contributed by atoms with van der Waals surface area (Å²) in [7, 11) is 1.48. The summed E-state index contributed by atoms with van der Waals surface area (Å²) in [4.78, 5) is 38.8. The molecule has 1 aliphatic heterocycles. The molecular formula is C29H20BrFN2O5. The van der Waals surface area contributed by atoms with Crippen LogP contribution in [0, 0.1) is 5.82 Å². The third-order valence-corrected chi connectivity index (χ3v) is 6.59. The number of imide groups is 2. The minimum absolute atomic E-state index is 0.128. The Hall–Kier alpha value is -4.50. The van der Waals surface area contributed by atoms with E-state index in [2.05, 4.69) is 21.2 Å². The Balaban J connectivity index is 1.44. The number of carbonyl (C=O) groups excluding carboxylic acids is 3. The lowest BCUT2D eigenvalue weighted by Crippen LogP contribution is -2.54. The maximum absolute atomic E-state index is 13.3. The van der Waals surface area contributed by atoms with Crippen molar-refractivity contribution in [3.05, 3.63) is 106 Å². The van der Waals surface area contributed by atoms with E-state index in [1.54, 1.807) is 12.1 Å². The zero-order chi connectivity index (χ0) is 26.8. The molecule has 1 saturated heterocycles. The van der Waals surface area contributed by atoms with Gasteiger partial charge >= 0.3 is 6.03 Å². The summed E-state index contributed by atoms with van der Waals surface area (Å²) in [6.07, 6.45) is 1.35. The zero-order valence-electron chi connectivity index (χ0n) is 20.0. The summed E-state index contributed by atoms with van der Waals surface area (Å²) in [6, 6.07) is 21.2. The van der Waals surface area contributed by atoms with Crippen molar-refractivity contribution in [3.8, 4) is 11.5 Å². The van der Waals surface area contributed by atoms with E-state index in [0.717, 1.165) is 33.4 Å². The number of nitrogens with zero attached hydrogens (tertiary/aromatic N) is 1. The highest BCUT2D eigenvalue weighted by molar-refractivity contribution is 9.10. The van der Waals surface area contributed by atoms with Gasteiger partial charge in [-0.1, -0.05) is 42.5 Å². The Morgan fingerprint density at radius 3 is 2.47 bits per heavy atom. The van der Waals surface area contributed by atoms with E-state index >= 15 is 0 Å². The molecule has 9 heteroatoms. The van der Waals surface area contributed by atoms with Gasteiger partial charge in [-0.05, 0) is 80.3 Å². The van der Waals surface area contributed by atoms with E-state index in [1.807, 2.05) is 42.5 Å². The highest BCUT2D eigenvalue weighted by Crippen LogP contribution is 2.38. The molecule has 0 atom stereocenters. The highest BCUT2D eigenvalue weighted by atomic mass is 79.9. The third kappa shape index (κ3) is 4.88. The number of fused-ring (bicyclic) bond motifs is 1. The lowest BCUT2D eigenvalue weighted by molar-refractivity contribution is -0.122. The predicted molar refractivity (Wildman–Crippen MR) is 144 cm³/mol. The topological polar surface area (TPSA) is 84.9 Å². The van der Waals surface area contributed by atoms with Crippen LogP contribution >= 0.6 is 15.9 Å². The lowest BCUT2D eigenvalue weighted by Gasteiger charge is -2.26. The van der Waals surface area contributed by atoms with Crippen LogP contribution in [-0.4, -0.2) is 25.0 Å². The summed E-state index contributed by atoms with van der Waals surface area (Å²) < 4.78 is 25.5. The van der Waals surface area contributed by atoms with Crippen LogP contribution < -0.4 is 19.7 Å². The monoisotopic (exact) mass is 574 g/mol. The van der Waals surface area contributed by atoms with Gasteiger partial charge in [0.1, 0.15) is 18.0 Å². The van der Waals surface area contributed by atoms with Crippen molar-refractivity contribution in [2.45, 2.75) is 6.61 Å². The molecule has 7 nitrogen and oxygen atoms in total. The van der Waals surface area contributed by atoms with Gasteiger partial charge in [-0.15, -0.1) is 0 Å². The van der Waals surface area contributed by atoms with Crippen molar-refractivity contribution >= 4 is 56.3 Å². The van der Waals surface area contributed by atoms with Gasteiger partial charge in [0.25, 0.3) is 11.8 Å². The number of urea groups is 1. The number of carbonyl (C=O) groups is 3. The molecule has 5 rings (SSSR count). The van der Waals surface area contributed by atoms with Gasteiger partial charge in [0.2, 0.25) is 0 Å². The molecule has 4 amide bonds. The quantitative estimate of drug-likeness (QED) is 0.226. The van der Waals surface area contributed by atoms with E-state index < -0.39 is 23.7 Å². The van der Waals surface area contributed by atoms with Gasteiger partial charge in [0.05, 0.1) is 17.3 Å². The number of amides is 4. The molecule has 38 heavy (non-hydrogen) atoms. The SMILES string of the molecule is COc1cc(/C=C2/C(=O)NC(=O)N(c3ccc(F)cc3)C2=O)cc(Br)c1OCc1cccc2ccccc12. The van der Waals surface area contributed by atoms with E-state index in [1.165, 1.54) is 25.3 Å². The number of rotatable bonds is 6. The molecule has 0 aromatic heterocycles. The summed E-state index contributed by atoms with van der Waals surface area (Å²) >= 11 is 3.50. The number of nitrogens with one attached hydrogen (secondary N) is 1. The first-order valence-electron chi connectivity index (χ1n) is 11.5. The normalized spacial score (nSPS) is 14.7. The second-order valence-corrected chi connectivity index (χ2v) is 9.25. The van der Waals surface area contributed by atoms with Crippen LogP contribution in [0.1, 0.15) is 11.1 Å². The fraction of sp³-hybridized carbons (Fsp3) is 0.0690. The molecule has 1 heterocycles. The van der Waals surface area contributed by atoms with Crippen LogP contribution in [-0.2, 0) is 16.2 Å². The van der Waals surface area contributed by atoms with Gasteiger partial charge in [0, 0.05) is 0 Å². The first kappa shape index (κ1) is 25.2. The fourth-order valence-corrected chi connectivity index (χ4v) is 4.75. The van der Waals surface area contributed by atoms with E-state index in [-0.39, 0.29) is 17.9 Å². The smallest absolute Gasteiger partial charge is 0.335 e. The molecule has 0 spiro atoms. The average Bonchev–Trinajstić information content (AvgIpc) is 2.91. The van der Waals surface area contributed by atoms with Gasteiger partial charge in [-0.25, -0.2) is 14.1 Å². The van der Waals surface area contributed by atoms with Gasteiger partial charge in [-0.2, -0.15) is 0 Å². The molecular weight excluding hydrogens is 555 g/mol. The first-order valence-corrected chi connectivity index (χ1v) is 12.3. The average molecular weight is 575 g/mol. The molecule has 0 saturated carbocycles. The Kier molecular flexibility index (Phi) is 6.93. The maximum atomic E-state index is 13.3. The van der Waals surface area contributed by atoms with Crippen LogP contribution in [0.2, 0.25) is 0 Å². The molecule has 0 aliphatic carbocycles. The molecule has 1 N–H and O–H groups in total. The first-order chi connectivity index (χ1) is 18.4. The molecule has 1 aliphatic rings. The highest BCUT2D eigenvalue weighted by Gasteiger charge is 2.36. The van der Waals surface area contributed by atoms with E-state index in [4.69, 9.17) is 9.47 Å². The Morgan fingerprint density at radius 2 is 1.71 bits per heavy atom. The Labute approximate surface area is 225 Å². The Bertz CT molecular complexity index is 1610. The number of barbiturate groups is 1. The van der Waals surface area contributed by atoms with Crippen LogP contribution in [0.3, 0.4) is 0 Å². The molecule has 0 radical (unpaired) electrons. The minimum atomic E-state index is -0.917. The Morgan fingerprint density at radius 1 is 0.974 bits per heavy atom. The van der Waals surface area contributed by atoms with Gasteiger partial charge in [0.15, 0.2) is 11.5 Å². The molecule has 0 unspecified atom stereocenters. The largest absolute Gasteiger partial charge is 0.493 e. The maximum Gasteiger partial charge on any atom is 0.335 e. The van der Waals surface area contributed by atoms with Crippen LogP contribution in [0.25, 0.3) is 16.8 Å². The zero-order valence-corrected chi connectivity index (χ0v) is 21.6. The van der Waals surface area contributed by atoms with Crippen LogP contribution in [0.4, 0.5) is 14.9 Å². The standard InChI is InChI=1S/C29H20BrFN2O5/c1-37-25-15-17(13-23-27(34)32-29(36)33(28(23)35)21-11-9-20(31)10-12-21)14-24(30)26(25)38-16-19-7-4-6-18-5-2-3-8-22(18)19/h2-15H,16H2,1H3,(H,32,34,36)/b23-13-.